The van der Waals surface area contributed by atoms with E-state index in [1.807, 2.05) is 30.3 Å². The molecule has 1 aliphatic heterocycles. The molecular formula is C20H21ClN4O. The summed E-state index contributed by atoms with van der Waals surface area (Å²) in [6, 6.07) is 18.0. The van der Waals surface area contributed by atoms with E-state index in [2.05, 4.69) is 39.3 Å². The number of nitrogens with zero attached hydrogens (tertiary/aromatic N) is 3. The van der Waals surface area contributed by atoms with E-state index < -0.39 is 0 Å². The zero-order chi connectivity index (χ0) is 17.9. The average molecular weight is 369 g/mol. The van der Waals surface area contributed by atoms with Gasteiger partial charge in [-0.25, -0.2) is 0 Å². The van der Waals surface area contributed by atoms with Crippen LogP contribution in [0.4, 0.5) is 0 Å². The Labute approximate surface area is 157 Å². The Bertz CT molecular complexity index is 850. The van der Waals surface area contributed by atoms with Gasteiger partial charge in [-0.15, -0.1) is 0 Å². The Morgan fingerprint density at radius 2 is 1.85 bits per heavy atom. The van der Waals surface area contributed by atoms with E-state index in [4.69, 9.17) is 21.9 Å². The summed E-state index contributed by atoms with van der Waals surface area (Å²) in [6.45, 7) is 3.20. The maximum absolute atomic E-state index is 6.02. The molecule has 1 saturated heterocycles. The molecule has 0 unspecified atom stereocenters. The fourth-order valence-electron chi connectivity index (χ4n) is 3.63. The van der Waals surface area contributed by atoms with Crippen molar-refractivity contribution < 1.29 is 4.52 Å². The minimum Gasteiger partial charge on any atom is -0.338 e. The van der Waals surface area contributed by atoms with Crippen molar-refractivity contribution in [3.05, 3.63) is 71.1 Å². The predicted molar refractivity (Wildman–Crippen MR) is 102 cm³/mol. The lowest BCUT2D eigenvalue weighted by molar-refractivity contribution is 0.260. The molecule has 1 fully saturated rings. The highest BCUT2D eigenvalue weighted by Gasteiger charge is 2.33. The van der Waals surface area contributed by atoms with Crippen LogP contribution in [0.3, 0.4) is 0 Å². The largest absolute Gasteiger partial charge is 0.338 e. The van der Waals surface area contributed by atoms with Crippen molar-refractivity contribution in [3.8, 4) is 11.4 Å². The van der Waals surface area contributed by atoms with Crippen LogP contribution in [0.15, 0.2) is 59.1 Å². The summed E-state index contributed by atoms with van der Waals surface area (Å²) in [6.07, 6.45) is 0. The van der Waals surface area contributed by atoms with Crippen LogP contribution in [0.5, 0.6) is 0 Å². The molecule has 0 amide bonds. The number of aromatic nitrogens is 2. The Morgan fingerprint density at radius 1 is 1.08 bits per heavy atom. The van der Waals surface area contributed by atoms with Crippen molar-refractivity contribution >= 4 is 11.6 Å². The van der Waals surface area contributed by atoms with Crippen LogP contribution in [0.1, 0.15) is 17.4 Å². The van der Waals surface area contributed by atoms with Crippen LogP contribution in [-0.4, -0.2) is 34.7 Å². The monoisotopic (exact) mass is 368 g/mol. The van der Waals surface area contributed by atoms with E-state index in [-0.39, 0.29) is 0 Å². The smallest absolute Gasteiger partial charge is 0.241 e. The first kappa shape index (κ1) is 17.2. The van der Waals surface area contributed by atoms with Gasteiger partial charge in [-0.05, 0) is 42.3 Å². The molecule has 0 aliphatic carbocycles. The summed E-state index contributed by atoms with van der Waals surface area (Å²) >= 11 is 5.93. The third-order valence-corrected chi connectivity index (χ3v) is 5.23. The van der Waals surface area contributed by atoms with Crippen LogP contribution in [-0.2, 0) is 6.54 Å². The number of nitrogens with two attached hydrogens (primary N) is 1. The van der Waals surface area contributed by atoms with Gasteiger partial charge in [-0.1, -0.05) is 47.1 Å². The highest BCUT2D eigenvalue weighted by Crippen LogP contribution is 2.32. The second-order valence-corrected chi connectivity index (χ2v) is 7.16. The Kier molecular flexibility index (Phi) is 5.02. The molecule has 6 heteroatoms. The highest BCUT2D eigenvalue weighted by atomic mass is 35.5. The molecule has 2 atom stereocenters. The number of hydrogen-bond acceptors (Lipinski definition) is 5. The Hall–Kier alpha value is -2.21. The minimum absolute atomic E-state index is 0.441. The molecule has 0 spiro atoms. The molecule has 1 aromatic heterocycles. The lowest BCUT2D eigenvalue weighted by Crippen LogP contribution is -2.23. The van der Waals surface area contributed by atoms with Crippen LogP contribution < -0.4 is 5.73 Å². The van der Waals surface area contributed by atoms with Gasteiger partial charge in [0.15, 0.2) is 0 Å². The third-order valence-electron chi connectivity index (χ3n) is 4.98. The molecular weight excluding hydrogens is 348 g/mol. The second kappa shape index (κ2) is 7.58. The predicted octanol–water partition coefficient (Wildman–Crippen LogP) is 3.56. The number of halogens is 1. The van der Waals surface area contributed by atoms with Gasteiger partial charge in [0.25, 0.3) is 0 Å². The van der Waals surface area contributed by atoms with E-state index in [0.29, 0.717) is 41.7 Å². The number of rotatable bonds is 5. The van der Waals surface area contributed by atoms with Gasteiger partial charge in [-0.2, -0.15) is 4.98 Å². The van der Waals surface area contributed by atoms with E-state index >= 15 is 0 Å². The average Bonchev–Trinajstić information content (AvgIpc) is 3.30. The van der Waals surface area contributed by atoms with Crippen molar-refractivity contribution in [1.29, 1.82) is 0 Å². The molecule has 134 valence electrons. The normalized spacial score (nSPS) is 20.5. The van der Waals surface area contributed by atoms with E-state index in [9.17, 15) is 0 Å². The molecule has 0 radical (unpaired) electrons. The summed E-state index contributed by atoms with van der Waals surface area (Å²) in [5.74, 6) is 2.10. The van der Waals surface area contributed by atoms with Crippen LogP contribution in [0.25, 0.3) is 11.4 Å². The van der Waals surface area contributed by atoms with Gasteiger partial charge in [0, 0.05) is 29.6 Å². The topological polar surface area (TPSA) is 68.2 Å². The molecule has 2 heterocycles. The maximum atomic E-state index is 6.02. The summed E-state index contributed by atoms with van der Waals surface area (Å²) in [5, 5.41) is 4.78. The second-order valence-electron chi connectivity index (χ2n) is 6.73. The van der Waals surface area contributed by atoms with Crippen molar-refractivity contribution in [2.75, 3.05) is 19.6 Å². The van der Waals surface area contributed by atoms with Gasteiger partial charge in [0.05, 0.1) is 6.54 Å². The van der Waals surface area contributed by atoms with Crippen molar-refractivity contribution in [1.82, 2.24) is 15.0 Å². The molecule has 0 bridgehead atoms. The molecule has 4 rings (SSSR count). The quantitative estimate of drug-likeness (QED) is 0.745. The van der Waals surface area contributed by atoms with Gasteiger partial charge in [-0.3, -0.25) is 4.90 Å². The highest BCUT2D eigenvalue weighted by molar-refractivity contribution is 6.30. The van der Waals surface area contributed by atoms with Gasteiger partial charge >= 0.3 is 0 Å². The first-order valence-electron chi connectivity index (χ1n) is 8.79. The van der Waals surface area contributed by atoms with Gasteiger partial charge in [0.2, 0.25) is 11.7 Å². The van der Waals surface area contributed by atoms with Gasteiger partial charge < -0.3 is 10.3 Å². The zero-order valence-corrected chi connectivity index (χ0v) is 15.1. The fraction of sp³-hybridized carbons (Fsp3) is 0.300. The van der Waals surface area contributed by atoms with Gasteiger partial charge in [0.1, 0.15) is 0 Å². The molecule has 0 saturated carbocycles. The first-order valence-corrected chi connectivity index (χ1v) is 9.16. The van der Waals surface area contributed by atoms with Crippen LogP contribution in [0, 0.1) is 5.92 Å². The Morgan fingerprint density at radius 3 is 2.58 bits per heavy atom. The lowest BCUT2D eigenvalue weighted by Gasteiger charge is -2.16. The molecule has 2 N–H and O–H groups in total. The van der Waals surface area contributed by atoms with Crippen molar-refractivity contribution in [2.45, 2.75) is 12.5 Å². The van der Waals surface area contributed by atoms with Crippen LogP contribution >= 0.6 is 11.6 Å². The zero-order valence-electron chi connectivity index (χ0n) is 14.4. The summed E-state index contributed by atoms with van der Waals surface area (Å²) in [5.41, 5.74) is 8.26. The SMILES string of the molecule is NC[C@@H]1CN(Cc2nc(-c3ccc(Cl)cc3)no2)C[C@H]1c1ccccc1. The van der Waals surface area contributed by atoms with E-state index in [0.717, 1.165) is 18.7 Å². The molecule has 2 aromatic carbocycles. The number of hydrogen-bond donors (Lipinski definition) is 1. The molecule has 5 nitrogen and oxygen atoms in total. The number of benzene rings is 2. The molecule has 3 aromatic rings. The first-order chi connectivity index (χ1) is 12.7. The van der Waals surface area contributed by atoms with Crippen molar-refractivity contribution in [2.24, 2.45) is 11.7 Å². The maximum Gasteiger partial charge on any atom is 0.241 e. The fourth-order valence-corrected chi connectivity index (χ4v) is 3.76. The molecule has 26 heavy (non-hydrogen) atoms. The standard InChI is InChI=1S/C20H21ClN4O/c21-17-8-6-15(7-9-17)20-23-19(26-24-20)13-25-11-16(10-22)18(12-25)14-4-2-1-3-5-14/h1-9,16,18H,10-13,22H2/t16-,18+/m1/s1. The third kappa shape index (κ3) is 3.65. The lowest BCUT2D eigenvalue weighted by atomic mass is 9.89. The number of likely N-dealkylation sites (tertiary alicyclic amines) is 1. The Balaban J connectivity index is 1.46. The van der Waals surface area contributed by atoms with Crippen LogP contribution in [0.2, 0.25) is 5.02 Å². The van der Waals surface area contributed by atoms with E-state index in [1.54, 1.807) is 0 Å². The minimum atomic E-state index is 0.441. The summed E-state index contributed by atoms with van der Waals surface area (Å²) < 4.78 is 5.45. The van der Waals surface area contributed by atoms with E-state index in [1.165, 1.54) is 5.56 Å². The molecule has 1 aliphatic rings. The summed E-state index contributed by atoms with van der Waals surface area (Å²) in [7, 11) is 0. The summed E-state index contributed by atoms with van der Waals surface area (Å²) in [4.78, 5) is 6.87. The van der Waals surface area contributed by atoms with Crippen molar-refractivity contribution in [3.63, 3.8) is 0 Å².